The Kier molecular flexibility index (Phi) is 6.29. The van der Waals surface area contributed by atoms with E-state index in [9.17, 15) is 8.42 Å². The number of hydrogen-bond acceptors (Lipinski definition) is 2. The first-order chi connectivity index (χ1) is 8.86. The summed E-state index contributed by atoms with van der Waals surface area (Å²) in [6.45, 7) is 3.68. The second-order valence-electron chi connectivity index (χ2n) is 4.71. The largest absolute Gasteiger partial charge is 0.301 e. The lowest BCUT2D eigenvalue weighted by Crippen LogP contribution is -2.37. The van der Waals surface area contributed by atoms with Gasteiger partial charge in [-0.2, -0.15) is 12.7 Å². The number of aryl methyl sites for hydroxylation is 1. The first kappa shape index (κ1) is 16.5. The van der Waals surface area contributed by atoms with Crippen LogP contribution in [0.3, 0.4) is 0 Å². The van der Waals surface area contributed by atoms with E-state index in [1.807, 2.05) is 32.0 Å². The molecule has 0 saturated carbocycles. The maximum Gasteiger partial charge on any atom is 0.301 e. The van der Waals surface area contributed by atoms with Crippen molar-refractivity contribution in [2.75, 3.05) is 17.1 Å². The molecule has 0 aliphatic heterocycles. The quantitative estimate of drug-likeness (QED) is 0.770. The normalized spacial score (nSPS) is 12.1. The molecule has 0 saturated heterocycles. The molecule has 1 N–H and O–H groups in total. The van der Waals surface area contributed by atoms with Gasteiger partial charge < -0.3 is 0 Å². The molecule has 0 bridgehead atoms. The molecule has 0 fully saturated rings. The summed E-state index contributed by atoms with van der Waals surface area (Å²) in [6, 6.07) is 7.45. The third kappa shape index (κ3) is 5.12. The van der Waals surface area contributed by atoms with Crippen LogP contribution in [-0.4, -0.2) is 31.1 Å². The van der Waals surface area contributed by atoms with Gasteiger partial charge in [0.25, 0.3) is 0 Å². The first-order valence-electron chi connectivity index (χ1n) is 6.27. The highest BCUT2D eigenvalue weighted by Gasteiger charge is 2.20. The van der Waals surface area contributed by atoms with Gasteiger partial charge in [-0.25, -0.2) is 0 Å². The molecule has 6 heteroatoms. The van der Waals surface area contributed by atoms with Crippen LogP contribution in [0.2, 0.25) is 0 Å². The van der Waals surface area contributed by atoms with E-state index in [-0.39, 0.29) is 6.04 Å². The van der Waals surface area contributed by atoms with Crippen molar-refractivity contribution < 1.29 is 8.42 Å². The Balaban J connectivity index is 2.82. The molecule has 108 valence electrons. The van der Waals surface area contributed by atoms with Crippen LogP contribution in [0.5, 0.6) is 0 Å². The molecular weight excluding hydrogens is 328 g/mol. The highest BCUT2D eigenvalue weighted by atomic mass is 79.9. The van der Waals surface area contributed by atoms with Crippen LogP contribution in [0.1, 0.15) is 25.8 Å². The number of halogens is 1. The number of rotatable bonds is 7. The van der Waals surface area contributed by atoms with Gasteiger partial charge in [0.1, 0.15) is 0 Å². The minimum Gasteiger partial charge on any atom is -0.271 e. The van der Waals surface area contributed by atoms with Gasteiger partial charge in [0.15, 0.2) is 0 Å². The third-order valence-corrected chi connectivity index (χ3v) is 5.11. The van der Waals surface area contributed by atoms with E-state index in [4.69, 9.17) is 0 Å². The Morgan fingerprint density at radius 3 is 2.63 bits per heavy atom. The SMILES string of the molecule is CC(C)N(C)S(=O)(=O)Nc1cccc(CCCBr)c1. The van der Waals surface area contributed by atoms with Gasteiger partial charge in [0, 0.05) is 18.4 Å². The molecule has 0 atom stereocenters. The molecule has 4 nitrogen and oxygen atoms in total. The average molecular weight is 349 g/mol. The lowest BCUT2D eigenvalue weighted by atomic mass is 10.1. The van der Waals surface area contributed by atoms with Gasteiger partial charge >= 0.3 is 10.2 Å². The summed E-state index contributed by atoms with van der Waals surface area (Å²) < 4.78 is 28.1. The maximum atomic E-state index is 12.1. The van der Waals surface area contributed by atoms with E-state index in [1.54, 1.807) is 13.1 Å². The summed E-state index contributed by atoms with van der Waals surface area (Å²) in [4.78, 5) is 0. The average Bonchev–Trinajstić information content (AvgIpc) is 2.35. The van der Waals surface area contributed by atoms with Crippen LogP contribution in [0, 0.1) is 0 Å². The number of benzene rings is 1. The number of nitrogens with zero attached hydrogens (tertiary/aromatic N) is 1. The third-order valence-electron chi connectivity index (χ3n) is 2.88. The summed E-state index contributed by atoms with van der Waals surface area (Å²) in [5.41, 5.74) is 1.74. The highest BCUT2D eigenvalue weighted by molar-refractivity contribution is 9.09. The lowest BCUT2D eigenvalue weighted by Gasteiger charge is -2.21. The van der Waals surface area contributed by atoms with Gasteiger partial charge in [-0.05, 0) is 44.4 Å². The molecule has 0 aromatic heterocycles. The molecule has 0 unspecified atom stereocenters. The summed E-state index contributed by atoms with van der Waals surface area (Å²) >= 11 is 3.39. The fourth-order valence-corrected chi connectivity index (χ4v) is 2.96. The molecule has 19 heavy (non-hydrogen) atoms. The van der Waals surface area contributed by atoms with E-state index in [0.717, 1.165) is 23.7 Å². The fourth-order valence-electron chi connectivity index (χ4n) is 1.56. The van der Waals surface area contributed by atoms with Crippen LogP contribution in [0.4, 0.5) is 5.69 Å². The predicted molar refractivity (Wildman–Crippen MR) is 84.0 cm³/mol. The Labute approximate surface area is 124 Å². The Morgan fingerprint density at radius 2 is 2.05 bits per heavy atom. The molecule has 0 aliphatic carbocycles. The lowest BCUT2D eigenvalue weighted by molar-refractivity contribution is 0.414. The smallest absolute Gasteiger partial charge is 0.271 e. The van der Waals surface area contributed by atoms with E-state index in [1.165, 1.54) is 4.31 Å². The topological polar surface area (TPSA) is 49.4 Å². The molecule has 1 aromatic carbocycles. The van der Waals surface area contributed by atoms with Crippen molar-refractivity contribution in [3.05, 3.63) is 29.8 Å². The van der Waals surface area contributed by atoms with E-state index in [0.29, 0.717) is 5.69 Å². The zero-order chi connectivity index (χ0) is 14.5. The fraction of sp³-hybridized carbons (Fsp3) is 0.538. The zero-order valence-corrected chi connectivity index (χ0v) is 14.0. The van der Waals surface area contributed by atoms with Gasteiger partial charge in [0.2, 0.25) is 0 Å². The van der Waals surface area contributed by atoms with Crippen molar-refractivity contribution in [3.63, 3.8) is 0 Å². The van der Waals surface area contributed by atoms with Gasteiger partial charge in [-0.15, -0.1) is 0 Å². The second kappa shape index (κ2) is 7.26. The molecule has 1 rings (SSSR count). The number of alkyl halides is 1. The standard InChI is InChI=1S/C13H21BrN2O2S/c1-11(2)16(3)19(17,18)15-13-8-4-6-12(10-13)7-5-9-14/h4,6,8,10-11,15H,5,7,9H2,1-3H3. The molecule has 0 aliphatic rings. The molecule has 0 radical (unpaired) electrons. The van der Waals surface area contributed by atoms with Gasteiger partial charge in [0.05, 0.1) is 5.69 Å². The van der Waals surface area contributed by atoms with Crippen LogP contribution >= 0.6 is 15.9 Å². The number of anilines is 1. The van der Waals surface area contributed by atoms with Crippen LogP contribution in [0.15, 0.2) is 24.3 Å². The van der Waals surface area contributed by atoms with Crippen molar-refractivity contribution in [2.45, 2.75) is 32.7 Å². The van der Waals surface area contributed by atoms with Crippen molar-refractivity contribution >= 4 is 31.8 Å². The second-order valence-corrected chi connectivity index (χ2v) is 7.23. The van der Waals surface area contributed by atoms with Gasteiger partial charge in [-0.1, -0.05) is 28.1 Å². The van der Waals surface area contributed by atoms with Crippen LogP contribution < -0.4 is 4.72 Å². The highest BCUT2D eigenvalue weighted by Crippen LogP contribution is 2.16. The minimum atomic E-state index is -3.48. The summed E-state index contributed by atoms with van der Waals surface area (Å²) in [6.07, 6.45) is 1.96. The number of nitrogens with one attached hydrogen (secondary N) is 1. The molecule has 0 spiro atoms. The van der Waals surface area contributed by atoms with Crippen molar-refractivity contribution in [1.82, 2.24) is 4.31 Å². The Morgan fingerprint density at radius 1 is 1.37 bits per heavy atom. The summed E-state index contributed by atoms with van der Waals surface area (Å²) in [7, 11) is -1.90. The van der Waals surface area contributed by atoms with E-state index < -0.39 is 10.2 Å². The van der Waals surface area contributed by atoms with Crippen LogP contribution in [-0.2, 0) is 16.6 Å². The maximum absolute atomic E-state index is 12.1. The summed E-state index contributed by atoms with van der Waals surface area (Å²) in [5, 5.41) is 0.943. The minimum absolute atomic E-state index is 0.0749. The summed E-state index contributed by atoms with van der Waals surface area (Å²) in [5.74, 6) is 0. The van der Waals surface area contributed by atoms with Crippen molar-refractivity contribution in [3.8, 4) is 0 Å². The van der Waals surface area contributed by atoms with E-state index in [2.05, 4.69) is 20.7 Å². The Hall–Kier alpha value is -0.590. The first-order valence-corrected chi connectivity index (χ1v) is 8.83. The molecular formula is C13H21BrN2O2S. The van der Waals surface area contributed by atoms with Gasteiger partial charge in [-0.3, -0.25) is 4.72 Å². The Bertz CT molecular complexity index is 503. The predicted octanol–water partition coefficient (Wildman–Crippen LogP) is 3.01. The van der Waals surface area contributed by atoms with E-state index >= 15 is 0 Å². The molecule has 1 aromatic rings. The molecule has 0 heterocycles. The van der Waals surface area contributed by atoms with Crippen molar-refractivity contribution in [2.24, 2.45) is 0 Å². The zero-order valence-electron chi connectivity index (χ0n) is 11.6. The monoisotopic (exact) mass is 348 g/mol. The van der Waals surface area contributed by atoms with Crippen molar-refractivity contribution in [1.29, 1.82) is 0 Å². The number of hydrogen-bond donors (Lipinski definition) is 1. The van der Waals surface area contributed by atoms with Crippen LogP contribution in [0.25, 0.3) is 0 Å². The molecule has 0 amide bonds.